The molecule has 3 aromatic rings. The first kappa shape index (κ1) is 16.7. The zero-order chi connectivity index (χ0) is 17.6. The molecular formula is C19H19FN4O. The number of benzene rings is 2. The number of nitrogens with one attached hydrogen (secondary N) is 2. The van der Waals surface area contributed by atoms with Gasteiger partial charge in [-0.3, -0.25) is 0 Å². The van der Waals surface area contributed by atoms with Crippen molar-refractivity contribution in [1.29, 1.82) is 0 Å². The van der Waals surface area contributed by atoms with Crippen LogP contribution in [-0.4, -0.2) is 16.6 Å². The number of ether oxygens (including phenoxy) is 1. The van der Waals surface area contributed by atoms with Crippen LogP contribution in [0.1, 0.15) is 12.5 Å². The van der Waals surface area contributed by atoms with Crippen molar-refractivity contribution in [2.45, 2.75) is 13.8 Å². The Morgan fingerprint density at radius 3 is 2.28 bits per heavy atom. The van der Waals surface area contributed by atoms with Crippen LogP contribution in [-0.2, 0) is 0 Å². The minimum Gasteiger partial charge on any atom is -0.494 e. The fourth-order valence-corrected chi connectivity index (χ4v) is 2.22. The summed E-state index contributed by atoms with van der Waals surface area (Å²) in [7, 11) is 0. The smallest absolute Gasteiger partial charge is 0.229 e. The molecule has 0 bridgehead atoms. The molecular weight excluding hydrogens is 319 g/mol. The first-order chi connectivity index (χ1) is 12.1. The summed E-state index contributed by atoms with van der Waals surface area (Å²) < 4.78 is 19.4. The monoisotopic (exact) mass is 338 g/mol. The highest BCUT2D eigenvalue weighted by molar-refractivity contribution is 5.60. The van der Waals surface area contributed by atoms with Gasteiger partial charge in [0, 0.05) is 11.4 Å². The van der Waals surface area contributed by atoms with Crippen molar-refractivity contribution >= 4 is 23.1 Å². The molecule has 2 aromatic carbocycles. The minimum atomic E-state index is -0.516. The van der Waals surface area contributed by atoms with Gasteiger partial charge in [-0.15, -0.1) is 0 Å². The second kappa shape index (κ2) is 7.61. The van der Waals surface area contributed by atoms with Crippen molar-refractivity contribution in [3.63, 3.8) is 0 Å². The van der Waals surface area contributed by atoms with Crippen LogP contribution >= 0.6 is 0 Å². The van der Waals surface area contributed by atoms with Gasteiger partial charge in [0.05, 0.1) is 12.8 Å². The van der Waals surface area contributed by atoms with Crippen molar-refractivity contribution in [2.75, 3.05) is 17.2 Å². The lowest BCUT2D eigenvalue weighted by Gasteiger charge is -2.10. The first-order valence-corrected chi connectivity index (χ1v) is 8.00. The number of hydrogen-bond acceptors (Lipinski definition) is 5. The first-order valence-electron chi connectivity index (χ1n) is 8.00. The van der Waals surface area contributed by atoms with Gasteiger partial charge in [-0.05, 0) is 50.2 Å². The molecule has 0 unspecified atom stereocenters. The van der Waals surface area contributed by atoms with Crippen LogP contribution in [0.5, 0.6) is 5.75 Å². The van der Waals surface area contributed by atoms with Crippen LogP contribution in [0.3, 0.4) is 0 Å². The van der Waals surface area contributed by atoms with Gasteiger partial charge in [0.15, 0.2) is 11.6 Å². The van der Waals surface area contributed by atoms with Crippen LogP contribution in [0.4, 0.5) is 27.5 Å². The third-order valence-corrected chi connectivity index (χ3v) is 3.48. The summed E-state index contributed by atoms with van der Waals surface area (Å²) in [6.45, 7) is 4.54. The maximum absolute atomic E-state index is 14.0. The minimum absolute atomic E-state index is 0.118. The van der Waals surface area contributed by atoms with E-state index in [1.165, 1.54) is 0 Å². The van der Waals surface area contributed by atoms with Crippen LogP contribution in [0.25, 0.3) is 0 Å². The van der Waals surface area contributed by atoms with E-state index in [9.17, 15) is 4.39 Å². The van der Waals surface area contributed by atoms with E-state index in [2.05, 4.69) is 20.6 Å². The molecule has 0 fully saturated rings. The average molecular weight is 338 g/mol. The zero-order valence-electron chi connectivity index (χ0n) is 14.1. The molecule has 5 nitrogen and oxygen atoms in total. The Morgan fingerprint density at radius 2 is 1.60 bits per heavy atom. The van der Waals surface area contributed by atoms with Gasteiger partial charge in [-0.25, -0.2) is 9.37 Å². The quantitative estimate of drug-likeness (QED) is 0.675. The summed E-state index contributed by atoms with van der Waals surface area (Å²) in [5.41, 5.74) is 2.68. The largest absolute Gasteiger partial charge is 0.494 e. The van der Waals surface area contributed by atoms with Gasteiger partial charge >= 0.3 is 0 Å². The predicted molar refractivity (Wildman–Crippen MR) is 97.3 cm³/mol. The third-order valence-electron chi connectivity index (χ3n) is 3.48. The van der Waals surface area contributed by atoms with E-state index in [1.54, 1.807) is 0 Å². The van der Waals surface area contributed by atoms with E-state index in [0.29, 0.717) is 12.6 Å². The third kappa shape index (κ3) is 4.44. The number of rotatable bonds is 6. The summed E-state index contributed by atoms with van der Waals surface area (Å²) >= 11 is 0. The number of nitrogens with zero attached hydrogens (tertiary/aromatic N) is 2. The van der Waals surface area contributed by atoms with Gasteiger partial charge in [0.1, 0.15) is 5.75 Å². The van der Waals surface area contributed by atoms with E-state index in [0.717, 1.165) is 28.9 Å². The second-order valence-corrected chi connectivity index (χ2v) is 5.46. The molecule has 6 heteroatoms. The Bertz CT molecular complexity index is 835. The summed E-state index contributed by atoms with van der Waals surface area (Å²) in [4.78, 5) is 8.18. The summed E-state index contributed by atoms with van der Waals surface area (Å²) in [5.74, 6) is 0.695. The normalized spacial score (nSPS) is 10.4. The number of aryl methyl sites for hydroxylation is 1. The zero-order valence-corrected chi connectivity index (χ0v) is 14.1. The number of hydrogen-bond donors (Lipinski definition) is 2. The highest BCUT2D eigenvalue weighted by atomic mass is 19.1. The highest BCUT2D eigenvalue weighted by Crippen LogP contribution is 2.22. The van der Waals surface area contributed by atoms with Gasteiger partial charge in [-0.1, -0.05) is 17.7 Å². The Kier molecular flexibility index (Phi) is 5.09. The lowest BCUT2D eigenvalue weighted by atomic mass is 10.2. The molecule has 0 saturated heterocycles. The van der Waals surface area contributed by atoms with E-state index in [-0.39, 0.29) is 5.82 Å². The molecule has 0 radical (unpaired) electrons. The molecule has 1 heterocycles. The maximum Gasteiger partial charge on any atom is 0.229 e. The highest BCUT2D eigenvalue weighted by Gasteiger charge is 2.08. The van der Waals surface area contributed by atoms with Gasteiger partial charge in [-0.2, -0.15) is 4.98 Å². The number of anilines is 4. The molecule has 3 rings (SSSR count). The predicted octanol–water partition coefficient (Wildman–Crippen LogP) is 4.81. The summed E-state index contributed by atoms with van der Waals surface area (Å²) in [5, 5.41) is 6.02. The fraction of sp³-hybridized carbons (Fsp3) is 0.158. The van der Waals surface area contributed by atoms with E-state index < -0.39 is 5.82 Å². The Morgan fingerprint density at radius 1 is 0.960 bits per heavy atom. The average Bonchev–Trinajstić information content (AvgIpc) is 2.62. The van der Waals surface area contributed by atoms with Crippen LogP contribution in [0.15, 0.2) is 54.7 Å². The standard InChI is InChI=1S/C19H19FN4O/c1-3-25-16-10-8-15(9-11-16)23-19-21-12-17(20)18(24-19)22-14-6-4-13(2)5-7-14/h4-12H,3H2,1-2H3,(H2,21,22,23,24). The lowest BCUT2D eigenvalue weighted by molar-refractivity contribution is 0.340. The van der Waals surface area contributed by atoms with Crippen molar-refractivity contribution in [2.24, 2.45) is 0 Å². The molecule has 2 N–H and O–H groups in total. The van der Waals surface area contributed by atoms with Crippen molar-refractivity contribution in [1.82, 2.24) is 9.97 Å². The topological polar surface area (TPSA) is 59.1 Å². The Labute approximate surface area is 145 Å². The van der Waals surface area contributed by atoms with E-state index in [1.807, 2.05) is 62.4 Å². The molecule has 1 aromatic heterocycles. The molecule has 25 heavy (non-hydrogen) atoms. The summed E-state index contributed by atoms with van der Waals surface area (Å²) in [6, 6.07) is 15.0. The Balaban J connectivity index is 1.75. The molecule has 0 saturated carbocycles. The Hall–Kier alpha value is -3.15. The van der Waals surface area contributed by atoms with E-state index >= 15 is 0 Å². The van der Waals surface area contributed by atoms with Crippen molar-refractivity contribution in [3.8, 4) is 5.75 Å². The van der Waals surface area contributed by atoms with E-state index in [4.69, 9.17) is 4.74 Å². The van der Waals surface area contributed by atoms with Gasteiger partial charge in [0.2, 0.25) is 5.95 Å². The SMILES string of the molecule is CCOc1ccc(Nc2ncc(F)c(Nc3ccc(C)cc3)n2)cc1. The molecule has 0 spiro atoms. The maximum atomic E-state index is 14.0. The van der Waals surface area contributed by atoms with Crippen molar-refractivity contribution in [3.05, 3.63) is 66.1 Å². The fourth-order valence-electron chi connectivity index (χ4n) is 2.22. The summed E-state index contributed by atoms with van der Waals surface area (Å²) in [6.07, 6.45) is 1.14. The van der Waals surface area contributed by atoms with Crippen molar-refractivity contribution < 1.29 is 9.13 Å². The van der Waals surface area contributed by atoms with Gasteiger partial charge < -0.3 is 15.4 Å². The lowest BCUT2D eigenvalue weighted by Crippen LogP contribution is -2.03. The van der Waals surface area contributed by atoms with Crippen LogP contribution < -0.4 is 15.4 Å². The number of halogens is 1. The number of aromatic nitrogens is 2. The van der Waals surface area contributed by atoms with Crippen LogP contribution in [0.2, 0.25) is 0 Å². The molecule has 0 amide bonds. The molecule has 0 aliphatic carbocycles. The molecule has 0 aliphatic heterocycles. The van der Waals surface area contributed by atoms with Crippen LogP contribution in [0, 0.1) is 12.7 Å². The second-order valence-electron chi connectivity index (χ2n) is 5.46. The molecule has 0 atom stereocenters. The molecule has 0 aliphatic rings. The van der Waals surface area contributed by atoms with Gasteiger partial charge in [0.25, 0.3) is 0 Å². The molecule has 128 valence electrons.